The quantitative estimate of drug-likeness (QED) is 0.313. The molecular weight excluding hydrogens is 108 g/mol. The molecule has 1 N–H and O–H groups in total. The zero-order valence-electron chi connectivity index (χ0n) is 4.89. The lowest BCUT2D eigenvalue weighted by Crippen LogP contribution is -2.12. The van der Waals surface area contributed by atoms with E-state index in [1.165, 1.54) is 0 Å². The molecule has 4 heteroatoms. The molecule has 0 aromatic heterocycles. The van der Waals surface area contributed by atoms with E-state index in [9.17, 15) is 4.91 Å². The predicted octanol–water partition coefficient (Wildman–Crippen LogP) is -0.0537. The van der Waals surface area contributed by atoms with Crippen LogP contribution in [0.3, 0.4) is 0 Å². The Hall–Kier alpha value is -0.480. The first-order valence-corrected chi connectivity index (χ1v) is 2.43. The van der Waals surface area contributed by atoms with Gasteiger partial charge in [0.15, 0.2) is 0 Å². The van der Waals surface area contributed by atoms with E-state index in [0.29, 0.717) is 13.3 Å². The Morgan fingerprint density at radius 1 is 1.75 bits per heavy atom. The zero-order valence-corrected chi connectivity index (χ0v) is 4.89. The summed E-state index contributed by atoms with van der Waals surface area (Å²) in [5.74, 6) is 0. The van der Waals surface area contributed by atoms with Gasteiger partial charge in [0, 0.05) is 0 Å². The van der Waals surface area contributed by atoms with Crippen LogP contribution in [0.25, 0.3) is 0 Å². The predicted molar refractivity (Wildman–Crippen MR) is 30.5 cm³/mol. The van der Waals surface area contributed by atoms with Crippen molar-refractivity contribution in [3.63, 3.8) is 0 Å². The fourth-order valence-electron chi connectivity index (χ4n) is 0.276. The molecule has 0 amide bonds. The Balaban J connectivity index is 2.62. The number of ether oxygens (including phenoxy) is 1. The van der Waals surface area contributed by atoms with Gasteiger partial charge in [0.25, 0.3) is 0 Å². The Bertz CT molecular complexity index is 58.0. The normalized spacial score (nSPS) is 9.12. The molecule has 0 spiro atoms. The van der Waals surface area contributed by atoms with Crippen molar-refractivity contribution < 1.29 is 4.74 Å². The van der Waals surface area contributed by atoms with Gasteiger partial charge in [-0.25, -0.2) is 0 Å². The topological polar surface area (TPSA) is 50.7 Å². The second-order valence-corrected chi connectivity index (χ2v) is 1.26. The van der Waals surface area contributed by atoms with Crippen LogP contribution in [-0.4, -0.2) is 26.9 Å². The highest BCUT2D eigenvalue weighted by molar-refractivity contribution is 4.35. The summed E-state index contributed by atoms with van der Waals surface area (Å²) in [6.07, 6.45) is 0. The monoisotopic (exact) mass is 118 g/mol. The lowest BCUT2D eigenvalue weighted by atomic mass is 10.7. The lowest BCUT2D eigenvalue weighted by molar-refractivity contribution is 0.129. The number of hydrogen-bond acceptors (Lipinski definition) is 4. The van der Waals surface area contributed by atoms with Crippen molar-refractivity contribution >= 4 is 0 Å². The Labute approximate surface area is 48.2 Å². The van der Waals surface area contributed by atoms with E-state index in [4.69, 9.17) is 4.74 Å². The molecule has 8 heavy (non-hydrogen) atoms. The third kappa shape index (κ3) is 5.52. The van der Waals surface area contributed by atoms with Gasteiger partial charge >= 0.3 is 0 Å². The minimum atomic E-state index is 0.238. The molecule has 0 aromatic rings. The van der Waals surface area contributed by atoms with Gasteiger partial charge < -0.3 is 4.74 Å². The maximum Gasteiger partial charge on any atom is 0.104 e. The first-order chi connectivity index (χ1) is 3.91. The number of hydrogen-bond donors (Lipinski definition) is 1. The molecule has 0 saturated heterocycles. The molecule has 0 aromatic carbocycles. The molecule has 0 aliphatic rings. The fraction of sp³-hybridized carbons (Fsp3) is 1.00. The highest BCUT2D eigenvalue weighted by atomic mass is 16.5. The summed E-state index contributed by atoms with van der Waals surface area (Å²) in [7, 11) is 1.77. The van der Waals surface area contributed by atoms with Crippen molar-refractivity contribution in [2.24, 2.45) is 5.18 Å². The molecule has 0 atom stereocenters. The molecule has 0 aliphatic carbocycles. The summed E-state index contributed by atoms with van der Waals surface area (Å²) >= 11 is 0. The van der Waals surface area contributed by atoms with Gasteiger partial charge in [0.05, 0.1) is 13.3 Å². The summed E-state index contributed by atoms with van der Waals surface area (Å²) in [6.45, 7) is 1.13. The van der Waals surface area contributed by atoms with E-state index in [1.807, 2.05) is 0 Å². The van der Waals surface area contributed by atoms with Gasteiger partial charge in [0.1, 0.15) is 6.54 Å². The van der Waals surface area contributed by atoms with Gasteiger partial charge in [-0.05, 0) is 7.05 Å². The molecule has 0 heterocycles. The molecule has 0 bridgehead atoms. The van der Waals surface area contributed by atoms with Crippen molar-refractivity contribution in [2.45, 2.75) is 0 Å². The third-order valence-corrected chi connectivity index (χ3v) is 0.573. The summed E-state index contributed by atoms with van der Waals surface area (Å²) in [5, 5.41) is 5.37. The molecule has 0 radical (unpaired) electrons. The van der Waals surface area contributed by atoms with E-state index in [-0.39, 0.29) is 6.54 Å². The summed E-state index contributed by atoms with van der Waals surface area (Å²) in [6, 6.07) is 0. The first-order valence-electron chi connectivity index (χ1n) is 2.43. The number of rotatable bonds is 5. The summed E-state index contributed by atoms with van der Waals surface area (Å²) in [4.78, 5) is 9.42. The minimum Gasteiger partial charge on any atom is -0.364 e. The third-order valence-electron chi connectivity index (χ3n) is 0.573. The molecule has 48 valence electrons. The molecule has 0 aliphatic heterocycles. The Kier molecular flexibility index (Phi) is 6.13. The van der Waals surface area contributed by atoms with Crippen LogP contribution in [0.2, 0.25) is 0 Å². The SMILES string of the molecule is CNCOCCN=O. The average Bonchev–Trinajstić information content (AvgIpc) is 1.81. The van der Waals surface area contributed by atoms with Crippen molar-refractivity contribution in [2.75, 3.05) is 26.9 Å². The van der Waals surface area contributed by atoms with E-state index in [2.05, 4.69) is 10.5 Å². The molecular formula is C4H10N2O2. The minimum absolute atomic E-state index is 0.238. The Morgan fingerprint density at radius 2 is 2.50 bits per heavy atom. The van der Waals surface area contributed by atoms with Crippen LogP contribution in [0, 0.1) is 4.91 Å². The standard InChI is InChI=1S/C4H10N2O2/c1-5-4-8-3-2-6-7/h5H,2-4H2,1H3. The average molecular weight is 118 g/mol. The highest BCUT2D eigenvalue weighted by Gasteiger charge is 1.81. The second kappa shape index (κ2) is 6.52. The van der Waals surface area contributed by atoms with Gasteiger partial charge in [-0.15, -0.1) is 0 Å². The summed E-state index contributed by atoms with van der Waals surface area (Å²) in [5.41, 5.74) is 0. The summed E-state index contributed by atoms with van der Waals surface area (Å²) < 4.78 is 4.82. The first kappa shape index (κ1) is 7.52. The molecule has 0 rings (SSSR count). The van der Waals surface area contributed by atoms with Gasteiger partial charge in [-0.3, -0.25) is 5.32 Å². The van der Waals surface area contributed by atoms with Crippen LogP contribution < -0.4 is 5.32 Å². The molecule has 0 saturated carbocycles. The van der Waals surface area contributed by atoms with Crippen LogP contribution in [0.15, 0.2) is 5.18 Å². The molecule has 0 fully saturated rings. The second-order valence-electron chi connectivity index (χ2n) is 1.26. The van der Waals surface area contributed by atoms with Crippen molar-refractivity contribution in [3.05, 3.63) is 4.91 Å². The highest BCUT2D eigenvalue weighted by Crippen LogP contribution is 1.70. The maximum atomic E-state index is 9.42. The van der Waals surface area contributed by atoms with Crippen LogP contribution >= 0.6 is 0 Å². The lowest BCUT2D eigenvalue weighted by Gasteiger charge is -1.96. The molecule has 4 nitrogen and oxygen atoms in total. The van der Waals surface area contributed by atoms with Crippen molar-refractivity contribution in [1.82, 2.24) is 5.32 Å². The van der Waals surface area contributed by atoms with Gasteiger partial charge in [-0.2, -0.15) is 4.91 Å². The van der Waals surface area contributed by atoms with E-state index in [1.54, 1.807) is 7.05 Å². The van der Waals surface area contributed by atoms with E-state index >= 15 is 0 Å². The van der Waals surface area contributed by atoms with E-state index < -0.39 is 0 Å². The van der Waals surface area contributed by atoms with Crippen LogP contribution in [0.1, 0.15) is 0 Å². The van der Waals surface area contributed by atoms with E-state index in [0.717, 1.165) is 0 Å². The zero-order chi connectivity index (χ0) is 6.24. The molecule has 0 unspecified atom stereocenters. The maximum absolute atomic E-state index is 9.42. The van der Waals surface area contributed by atoms with Crippen LogP contribution in [0.5, 0.6) is 0 Å². The largest absolute Gasteiger partial charge is 0.364 e. The van der Waals surface area contributed by atoms with Crippen molar-refractivity contribution in [3.8, 4) is 0 Å². The Morgan fingerprint density at radius 3 is 3.00 bits per heavy atom. The van der Waals surface area contributed by atoms with Crippen molar-refractivity contribution in [1.29, 1.82) is 0 Å². The smallest absolute Gasteiger partial charge is 0.104 e. The van der Waals surface area contributed by atoms with Gasteiger partial charge in [0.2, 0.25) is 0 Å². The fourth-order valence-corrected chi connectivity index (χ4v) is 0.276. The van der Waals surface area contributed by atoms with Crippen LogP contribution in [-0.2, 0) is 4.74 Å². The number of nitrogens with zero attached hydrogens (tertiary/aromatic N) is 1. The number of nitrogens with one attached hydrogen (secondary N) is 1. The number of nitroso groups, excluding NO2 is 1. The van der Waals surface area contributed by atoms with Crippen LogP contribution in [0.4, 0.5) is 0 Å². The van der Waals surface area contributed by atoms with Gasteiger partial charge in [-0.1, -0.05) is 5.18 Å².